The fraction of sp³-hybridized carbons (Fsp3) is 0.906. The molecule has 1 N–H and O–H groups in total. The van der Waals surface area contributed by atoms with Crippen LogP contribution in [0.25, 0.3) is 0 Å². The van der Waals surface area contributed by atoms with E-state index in [2.05, 4.69) is 32.4 Å². The smallest absolute Gasteiger partial charge is 0.306 e. The number of hydrogen-bond acceptors (Lipinski definition) is 8. The lowest BCUT2D eigenvalue weighted by Crippen LogP contribution is -2.64. The van der Waals surface area contributed by atoms with E-state index in [-0.39, 0.29) is 77.7 Å². The van der Waals surface area contributed by atoms with Gasteiger partial charge in [-0.05, 0) is 74.0 Å². The van der Waals surface area contributed by atoms with E-state index in [1.165, 1.54) is 7.11 Å². The van der Waals surface area contributed by atoms with Crippen molar-refractivity contribution in [3.63, 3.8) is 0 Å². The second kappa shape index (κ2) is 10.0. The third kappa shape index (κ3) is 4.13. The van der Waals surface area contributed by atoms with Crippen LogP contribution in [0.4, 0.5) is 0 Å². The van der Waals surface area contributed by atoms with E-state index < -0.39 is 23.3 Å². The highest BCUT2D eigenvalue weighted by Crippen LogP contribution is 2.70. The highest BCUT2D eigenvalue weighted by Gasteiger charge is 2.73. The number of hydrogen-bond donors (Lipinski definition) is 1. The van der Waals surface area contributed by atoms with Crippen molar-refractivity contribution in [2.45, 2.75) is 116 Å². The topological polar surface area (TPSA) is 108 Å². The van der Waals surface area contributed by atoms with E-state index in [0.29, 0.717) is 18.9 Å². The van der Waals surface area contributed by atoms with Crippen LogP contribution in [0, 0.1) is 52.3 Å². The number of Topliss-reactive ketones (excluding diaryl/α,β-unsaturated/α-hetero) is 1. The maximum absolute atomic E-state index is 14.3. The molecule has 0 radical (unpaired) electrons. The molecule has 6 fully saturated rings. The summed E-state index contributed by atoms with van der Waals surface area (Å²) < 4.78 is 23.6. The zero-order chi connectivity index (χ0) is 28.6. The number of esters is 2. The summed E-state index contributed by atoms with van der Waals surface area (Å²) in [5.41, 5.74) is -0.723. The number of ether oxygens (including phenoxy) is 4. The molecular formula is C32H48O8. The fourth-order valence-electron chi connectivity index (χ4n) is 10.7. The highest BCUT2D eigenvalue weighted by molar-refractivity contribution is 5.88. The first-order chi connectivity index (χ1) is 18.9. The minimum absolute atomic E-state index is 0.0188. The molecule has 0 amide bonds. The Morgan fingerprint density at radius 3 is 2.48 bits per heavy atom. The van der Waals surface area contributed by atoms with Crippen LogP contribution in [-0.4, -0.2) is 60.6 Å². The molecule has 4 saturated carbocycles. The zero-order valence-corrected chi connectivity index (χ0v) is 24.9. The predicted molar refractivity (Wildman–Crippen MR) is 145 cm³/mol. The summed E-state index contributed by atoms with van der Waals surface area (Å²) in [5.74, 6) is 0.00774. The van der Waals surface area contributed by atoms with Crippen LogP contribution in [0.5, 0.6) is 0 Å². The van der Waals surface area contributed by atoms with Crippen molar-refractivity contribution in [1.29, 1.82) is 0 Å². The first-order valence-electron chi connectivity index (χ1n) is 15.7. The van der Waals surface area contributed by atoms with Crippen LogP contribution >= 0.6 is 0 Å². The molecule has 0 aromatic rings. The molecule has 6 aliphatic rings. The van der Waals surface area contributed by atoms with E-state index >= 15 is 0 Å². The van der Waals surface area contributed by atoms with Crippen LogP contribution in [0.3, 0.4) is 0 Å². The lowest BCUT2D eigenvalue weighted by atomic mass is 9.43. The average molecular weight is 561 g/mol. The molecule has 0 aromatic carbocycles. The molecule has 6 rings (SSSR count). The number of methoxy groups -OCH3 is 1. The number of fused-ring (bicyclic) bond motifs is 7. The number of carbonyl (C=O) groups excluding carboxylic acids is 3. The maximum Gasteiger partial charge on any atom is 0.306 e. The van der Waals surface area contributed by atoms with E-state index in [1.807, 2.05) is 0 Å². The summed E-state index contributed by atoms with van der Waals surface area (Å²) in [6.07, 6.45) is 5.92. The number of ketones is 1. The Morgan fingerprint density at radius 2 is 1.77 bits per heavy atom. The second-order valence-electron chi connectivity index (χ2n) is 14.6. The molecule has 8 heteroatoms. The van der Waals surface area contributed by atoms with Crippen LogP contribution in [0.1, 0.15) is 91.9 Å². The lowest BCUT2D eigenvalue weighted by molar-refractivity contribution is -0.273. The van der Waals surface area contributed by atoms with Crippen LogP contribution < -0.4 is 0 Å². The van der Waals surface area contributed by atoms with Crippen molar-refractivity contribution < 1.29 is 38.4 Å². The van der Waals surface area contributed by atoms with Gasteiger partial charge in [0.15, 0.2) is 11.6 Å². The van der Waals surface area contributed by atoms with E-state index in [4.69, 9.17) is 14.2 Å². The van der Waals surface area contributed by atoms with Gasteiger partial charge in [-0.2, -0.15) is 0 Å². The van der Waals surface area contributed by atoms with Gasteiger partial charge < -0.3 is 24.1 Å². The van der Waals surface area contributed by atoms with Crippen LogP contribution in [-0.2, 0) is 33.3 Å². The number of aliphatic hydroxyl groups is 1. The van der Waals surface area contributed by atoms with Gasteiger partial charge in [-0.15, -0.1) is 0 Å². The van der Waals surface area contributed by atoms with Gasteiger partial charge in [0.05, 0.1) is 32.7 Å². The molecule has 1 spiro atoms. The van der Waals surface area contributed by atoms with E-state index in [1.54, 1.807) is 0 Å². The van der Waals surface area contributed by atoms with Gasteiger partial charge >= 0.3 is 11.9 Å². The largest absolute Gasteiger partial charge is 0.469 e. The highest BCUT2D eigenvalue weighted by atomic mass is 16.7. The third-order valence-electron chi connectivity index (χ3n) is 12.8. The van der Waals surface area contributed by atoms with Gasteiger partial charge in [-0.3, -0.25) is 14.4 Å². The summed E-state index contributed by atoms with van der Waals surface area (Å²) in [7, 11) is 1.31. The van der Waals surface area contributed by atoms with Crippen molar-refractivity contribution in [2.75, 3.05) is 13.7 Å². The molecule has 2 heterocycles. The Morgan fingerprint density at radius 1 is 1.02 bits per heavy atom. The molecule has 40 heavy (non-hydrogen) atoms. The van der Waals surface area contributed by atoms with E-state index in [9.17, 15) is 19.5 Å². The van der Waals surface area contributed by atoms with Gasteiger partial charge in [0.2, 0.25) is 0 Å². The lowest BCUT2D eigenvalue weighted by Gasteiger charge is -2.61. The van der Waals surface area contributed by atoms with Crippen molar-refractivity contribution in [3.8, 4) is 0 Å². The van der Waals surface area contributed by atoms with Crippen molar-refractivity contribution in [1.82, 2.24) is 0 Å². The summed E-state index contributed by atoms with van der Waals surface area (Å²) in [5, 5.41) is 11.9. The summed E-state index contributed by atoms with van der Waals surface area (Å²) >= 11 is 0. The normalized spacial score (nSPS) is 51.4. The Bertz CT molecular complexity index is 1030. The Hall–Kier alpha value is -1.51. The first kappa shape index (κ1) is 28.6. The molecule has 8 nitrogen and oxygen atoms in total. The Balaban J connectivity index is 1.18. The molecule has 13 atom stereocenters. The number of carbonyl (C=O) groups is 3. The van der Waals surface area contributed by atoms with Gasteiger partial charge in [0.1, 0.15) is 12.2 Å². The fourth-order valence-corrected chi connectivity index (χ4v) is 10.7. The Labute approximate surface area is 238 Å². The molecule has 4 aliphatic carbocycles. The predicted octanol–water partition coefficient (Wildman–Crippen LogP) is 4.45. The maximum atomic E-state index is 14.3. The molecule has 0 bridgehead atoms. The standard InChI is InChI=1S/C32H48O8/c1-17-10-13-32(38-16-17)18(2)26-23(40-32)15-22-21-7-6-19-14-20(39-25(34)9-8-24(33)37-5)11-12-30(19,3)27(21)28(35)29(36)31(22,26)4/h17-23,26-27,29,36H,6-16H2,1-5H3/t17?,18-,19-,20-,21-,22-,23?,26?,27+,29+,30-,31-,32-/m0/s1. The van der Waals surface area contributed by atoms with Gasteiger partial charge in [-0.25, -0.2) is 0 Å². The molecular weight excluding hydrogens is 512 g/mol. The number of rotatable bonds is 4. The van der Waals surface area contributed by atoms with Gasteiger partial charge in [0, 0.05) is 29.6 Å². The molecule has 0 aromatic heterocycles. The summed E-state index contributed by atoms with van der Waals surface area (Å²) in [6.45, 7) is 9.57. The minimum atomic E-state index is -0.998. The summed E-state index contributed by atoms with van der Waals surface area (Å²) in [4.78, 5) is 38.0. The number of aliphatic hydroxyl groups excluding tert-OH is 1. The van der Waals surface area contributed by atoms with Crippen molar-refractivity contribution in [3.05, 3.63) is 0 Å². The first-order valence-corrected chi connectivity index (χ1v) is 15.7. The third-order valence-corrected chi connectivity index (χ3v) is 12.8. The average Bonchev–Trinajstić information content (AvgIpc) is 3.38. The van der Waals surface area contributed by atoms with Crippen molar-refractivity contribution >= 4 is 17.7 Å². The molecule has 224 valence electrons. The quantitative estimate of drug-likeness (QED) is 0.503. The molecule has 2 saturated heterocycles. The SMILES string of the molecule is COC(=O)CCC(=O)O[C@H]1CC[C@@]2(C)[C@@H](CC[C@@H]3[C@@H]2C(=O)[C@@H](O)[C@]2(C)C4C(C[C@@H]32)O[C@@]2(CCC(C)CO2)[C@H]4C)C1. The molecule has 3 unspecified atom stereocenters. The van der Waals surface area contributed by atoms with Gasteiger partial charge in [0.25, 0.3) is 0 Å². The zero-order valence-electron chi connectivity index (χ0n) is 24.9. The Kier molecular flexibility index (Phi) is 7.18. The van der Waals surface area contributed by atoms with E-state index in [0.717, 1.165) is 44.9 Å². The van der Waals surface area contributed by atoms with Crippen molar-refractivity contribution in [2.24, 2.45) is 52.3 Å². The summed E-state index contributed by atoms with van der Waals surface area (Å²) in [6, 6.07) is 0. The second-order valence-corrected chi connectivity index (χ2v) is 14.6. The van der Waals surface area contributed by atoms with Gasteiger partial charge in [-0.1, -0.05) is 27.7 Å². The monoisotopic (exact) mass is 560 g/mol. The van der Waals surface area contributed by atoms with Crippen LogP contribution in [0.15, 0.2) is 0 Å². The molecule has 2 aliphatic heterocycles. The minimum Gasteiger partial charge on any atom is -0.469 e. The van der Waals surface area contributed by atoms with Crippen LogP contribution in [0.2, 0.25) is 0 Å².